The number of carbonyl (C=O) groups is 1. The Kier molecular flexibility index (Phi) is 1.84. The normalized spacial score (nSPS) is 57.1. The molecule has 18 heavy (non-hydrogen) atoms. The highest BCUT2D eigenvalue weighted by atomic mass is 16.6. The average Bonchev–Trinajstić information content (AvgIpc) is 2.85. The van der Waals surface area contributed by atoms with E-state index < -0.39 is 0 Å². The van der Waals surface area contributed by atoms with Gasteiger partial charge < -0.3 is 9.47 Å². The smallest absolute Gasteiger partial charge is 0.312 e. The summed E-state index contributed by atoms with van der Waals surface area (Å²) < 4.78 is 12.0. The minimum Gasteiger partial charge on any atom is -0.459 e. The number of fused-ring (bicyclic) bond motifs is 3. The monoisotopic (exact) mass is 248 g/mol. The van der Waals surface area contributed by atoms with Gasteiger partial charge in [0.2, 0.25) is 0 Å². The fourth-order valence-corrected chi connectivity index (χ4v) is 4.88. The lowest BCUT2D eigenvalue weighted by molar-refractivity contribution is -0.188. The molecule has 0 aromatic rings. The van der Waals surface area contributed by atoms with Crippen molar-refractivity contribution in [3.05, 3.63) is 11.6 Å². The maximum Gasteiger partial charge on any atom is 0.312 e. The van der Waals surface area contributed by atoms with E-state index in [1.807, 2.05) is 6.92 Å². The molecule has 0 N–H and O–H groups in total. The predicted octanol–water partition coefficient (Wildman–Crippen LogP) is 2.45. The molecule has 0 amide bonds. The van der Waals surface area contributed by atoms with Crippen molar-refractivity contribution in [2.75, 3.05) is 0 Å². The summed E-state index contributed by atoms with van der Waals surface area (Å²) in [5.41, 5.74) is 1.05. The minimum atomic E-state index is -0.341. The Labute approximate surface area is 108 Å². The highest BCUT2D eigenvalue weighted by Crippen LogP contribution is 2.62. The van der Waals surface area contributed by atoms with E-state index in [-0.39, 0.29) is 29.2 Å². The Hall–Kier alpha value is -0.830. The van der Waals surface area contributed by atoms with Gasteiger partial charge in [0.1, 0.15) is 11.7 Å². The van der Waals surface area contributed by atoms with Gasteiger partial charge in [0.15, 0.2) is 0 Å². The van der Waals surface area contributed by atoms with Crippen LogP contribution in [0.3, 0.4) is 0 Å². The zero-order valence-corrected chi connectivity index (χ0v) is 11.2. The van der Waals surface area contributed by atoms with Gasteiger partial charge in [0.05, 0.1) is 11.5 Å². The van der Waals surface area contributed by atoms with E-state index >= 15 is 0 Å². The number of allylic oxidation sites excluding steroid dienone is 2. The van der Waals surface area contributed by atoms with E-state index in [0.29, 0.717) is 11.8 Å². The van der Waals surface area contributed by atoms with Crippen molar-refractivity contribution >= 4 is 5.97 Å². The van der Waals surface area contributed by atoms with Crippen molar-refractivity contribution in [2.24, 2.45) is 17.8 Å². The zero-order valence-electron chi connectivity index (χ0n) is 11.2. The zero-order chi connectivity index (χ0) is 12.7. The van der Waals surface area contributed by atoms with Gasteiger partial charge in [-0.2, -0.15) is 0 Å². The third-order valence-corrected chi connectivity index (χ3v) is 5.99. The standard InChI is InChI=1S/C15H20O3/c1-8-4-5-11-10(8)6-15-9(2)13(16)17-12(15)7-14(11,3)18-15/h4,9-12H,5-7H2,1-3H3/t9-,10+,11-,12+,14+,15+/m1/s1. The molecule has 3 aliphatic heterocycles. The van der Waals surface area contributed by atoms with Crippen molar-refractivity contribution in [1.82, 2.24) is 0 Å². The first-order chi connectivity index (χ1) is 8.46. The molecule has 4 aliphatic rings. The van der Waals surface area contributed by atoms with Crippen molar-refractivity contribution in [2.45, 2.75) is 57.3 Å². The summed E-state index contributed by atoms with van der Waals surface area (Å²) in [5.74, 6) is 0.990. The van der Waals surface area contributed by atoms with Crippen LogP contribution in [0.5, 0.6) is 0 Å². The van der Waals surface area contributed by atoms with E-state index in [1.165, 1.54) is 5.57 Å². The summed E-state index contributed by atoms with van der Waals surface area (Å²) in [6, 6.07) is 0. The Balaban J connectivity index is 1.80. The van der Waals surface area contributed by atoms with Crippen LogP contribution in [0.2, 0.25) is 0 Å². The molecule has 3 heteroatoms. The van der Waals surface area contributed by atoms with E-state index in [1.54, 1.807) is 0 Å². The van der Waals surface area contributed by atoms with Crippen molar-refractivity contribution < 1.29 is 14.3 Å². The van der Waals surface area contributed by atoms with Gasteiger partial charge in [0.25, 0.3) is 0 Å². The second-order valence-electron chi connectivity index (χ2n) is 6.82. The van der Waals surface area contributed by atoms with Crippen molar-refractivity contribution in [3.8, 4) is 0 Å². The first kappa shape index (κ1) is 11.0. The number of carbonyl (C=O) groups excluding carboxylic acids is 1. The molecule has 1 aliphatic carbocycles. The third kappa shape index (κ3) is 1.04. The molecule has 3 heterocycles. The summed E-state index contributed by atoms with van der Waals surface area (Å²) in [7, 11) is 0. The van der Waals surface area contributed by atoms with Crippen LogP contribution in [0.1, 0.15) is 40.0 Å². The molecule has 0 aromatic carbocycles. The fraction of sp³-hybridized carbons (Fsp3) is 0.800. The van der Waals surface area contributed by atoms with Crippen LogP contribution in [0.15, 0.2) is 11.6 Å². The van der Waals surface area contributed by atoms with E-state index in [2.05, 4.69) is 19.9 Å². The van der Waals surface area contributed by atoms with Crippen LogP contribution >= 0.6 is 0 Å². The van der Waals surface area contributed by atoms with E-state index in [0.717, 1.165) is 19.3 Å². The number of esters is 1. The van der Waals surface area contributed by atoms with Gasteiger partial charge in [-0.05, 0) is 45.4 Å². The summed E-state index contributed by atoms with van der Waals surface area (Å²) in [6.45, 7) is 6.42. The maximum absolute atomic E-state index is 11.8. The van der Waals surface area contributed by atoms with E-state index in [9.17, 15) is 4.79 Å². The molecule has 98 valence electrons. The van der Waals surface area contributed by atoms with Gasteiger partial charge in [-0.1, -0.05) is 11.6 Å². The van der Waals surface area contributed by atoms with Crippen LogP contribution in [0.4, 0.5) is 0 Å². The molecule has 3 fully saturated rings. The molecule has 0 radical (unpaired) electrons. The Bertz CT molecular complexity index is 468. The minimum absolute atomic E-state index is 0.0107. The Morgan fingerprint density at radius 3 is 2.94 bits per heavy atom. The second-order valence-corrected chi connectivity index (χ2v) is 6.82. The number of rotatable bonds is 0. The SMILES string of the molecule is CC1=CC[C@@H]2[C@H]1C[C@@]13O[C@@]2(C)C[C@@H]1OC(=O)[C@H]3C. The van der Waals surface area contributed by atoms with Crippen LogP contribution < -0.4 is 0 Å². The third-order valence-electron chi connectivity index (χ3n) is 5.99. The Morgan fingerprint density at radius 1 is 1.39 bits per heavy atom. The van der Waals surface area contributed by atoms with Crippen LogP contribution in [-0.2, 0) is 14.3 Å². The molecule has 1 spiro atoms. The summed E-state index contributed by atoms with van der Waals surface area (Å²) in [6.07, 6.45) is 5.32. The van der Waals surface area contributed by atoms with Crippen molar-refractivity contribution in [3.63, 3.8) is 0 Å². The van der Waals surface area contributed by atoms with Crippen LogP contribution in [0.25, 0.3) is 0 Å². The van der Waals surface area contributed by atoms with Gasteiger partial charge >= 0.3 is 5.97 Å². The lowest BCUT2D eigenvalue weighted by atomic mass is 9.72. The predicted molar refractivity (Wildman–Crippen MR) is 65.9 cm³/mol. The topological polar surface area (TPSA) is 35.5 Å². The van der Waals surface area contributed by atoms with Gasteiger partial charge in [-0.15, -0.1) is 0 Å². The van der Waals surface area contributed by atoms with Crippen LogP contribution in [-0.4, -0.2) is 23.3 Å². The molecule has 0 unspecified atom stereocenters. The Morgan fingerprint density at radius 2 is 2.17 bits per heavy atom. The first-order valence-electron chi connectivity index (χ1n) is 7.04. The first-order valence-corrected chi connectivity index (χ1v) is 7.04. The largest absolute Gasteiger partial charge is 0.459 e. The second kappa shape index (κ2) is 3.01. The number of ether oxygens (including phenoxy) is 2. The summed E-state index contributed by atoms with van der Waals surface area (Å²) >= 11 is 0. The molecular formula is C15H20O3. The summed E-state index contributed by atoms with van der Waals surface area (Å²) in [4.78, 5) is 11.8. The lowest BCUT2D eigenvalue weighted by Gasteiger charge is -2.46. The average molecular weight is 248 g/mol. The number of hydrogen-bond acceptors (Lipinski definition) is 3. The lowest BCUT2D eigenvalue weighted by Crippen LogP contribution is -2.52. The molecule has 3 saturated heterocycles. The van der Waals surface area contributed by atoms with Gasteiger partial charge in [-0.25, -0.2) is 0 Å². The molecule has 0 aromatic heterocycles. The summed E-state index contributed by atoms with van der Waals surface area (Å²) in [5, 5.41) is 0. The maximum atomic E-state index is 11.8. The van der Waals surface area contributed by atoms with Crippen molar-refractivity contribution in [1.29, 1.82) is 0 Å². The van der Waals surface area contributed by atoms with Gasteiger partial charge in [-0.3, -0.25) is 4.79 Å². The van der Waals surface area contributed by atoms with E-state index in [4.69, 9.17) is 9.47 Å². The fourth-order valence-electron chi connectivity index (χ4n) is 4.88. The highest BCUT2D eigenvalue weighted by molar-refractivity contribution is 5.77. The molecule has 4 rings (SSSR count). The molecule has 0 saturated carbocycles. The molecule has 2 bridgehead atoms. The quantitative estimate of drug-likeness (QED) is 0.488. The molecule has 6 atom stereocenters. The molecular weight excluding hydrogens is 228 g/mol. The van der Waals surface area contributed by atoms with Crippen LogP contribution in [0, 0.1) is 17.8 Å². The molecule has 3 nitrogen and oxygen atoms in total. The van der Waals surface area contributed by atoms with Gasteiger partial charge in [0, 0.05) is 6.42 Å². The number of hydrogen-bond donors (Lipinski definition) is 0. The highest BCUT2D eigenvalue weighted by Gasteiger charge is 2.70.